The fraction of sp³-hybridized carbons (Fsp3) is 0.421. The Bertz CT molecular complexity index is 1040. The highest BCUT2D eigenvalue weighted by Crippen LogP contribution is 2.36. The lowest BCUT2D eigenvalue weighted by atomic mass is 9.99. The second-order valence-corrected chi connectivity index (χ2v) is 8.68. The van der Waals surface area contributed by atoms with Crippen LogP contribution in [0.1, 0.15) is 12.5 Å². The van der Waals surface area contributed by atoms with Crippen LogP contribution in [0.2, 0.25) is 0 Å². The van der Waals surface area contributed by atoms with Gasteiger partial charge in [-0.2, -0.15) is 5.10 Å². The van der Waals surface area contributed by atoms with Gasteiger partial charge in [0.2, 0.25) is 0 Å². The van der Waals surface area contributed by atoms with Crippen molar-refractivity contribution in [1.82, 2.24) is 29.6 Å². The number of fused-ring (bicyclic) bond motifs is 1. The molecule has 0 radical (unpaired) electrons. The van der Waals surface area contributed by atoms with E-state index in [4.69, 9.17) is 17.2 Å². The first-order chi connectivity index (χ1) is 14.2. The first-order valence-corrected chi connectivity index (χ1v) is 10.7. The van der Waals surface area contributed by atoms with Gasteiger partial charge in [0.1, 0.15) is 12.0 Å². The lowest BCUT2D eigenvalue weighted by Crippen LogP contribution is -2.45. The molecule has 1 saturated heterocycles. The number of hydrogen-bond acceptors (Lipinski definition) is 8. The number of rotatable bonds is 5. The number of thioether (sulfide) groups is 1. The Hall–Kier alpha value is -2.40. The molecule has 9 nitrogen and oxygen atoms in total. The van der Waals surface area contributed by atoms with E-state index in [2.05, 4.69) is 25.0 Å². The zero-order chi connectivity index (χ0) is 20.0. The summed E-state index contributed by atoms with van der Waals surface area (Å²) in [5.41, 5.74) is 21.9. The van der Waals surface area contributed by atoms with Gasteiger partial charge in [0, 0.05) is 42.1 Å². The Labute approximate surface area is 172 Å². The molecule has 0 amide bonds. The molecule has 0 aliphatic carbocycles. The predicted molar refractivity (Wildman–Crippen MR) is 115 cm³/mol. The van der Waals surface area contributed by atoms with Crippen LogP contribution in [0, 0.1) is 5.92 Å². The van der Waals surface area contributed by atoms with E-state index < -0.39 is 0 Å². The van der Waals surface area contributed by atoms with Crippen molar-refractivity contribution in [2.45, 2.75) is 23.9 Å². The lowest BCUT2D eigenvalue weighted by molar-refractivity contribution is 0.259. The summed E-state index contributed by atoms with van der Waals surface area (Å²) in [4.78, 5) is 14.3. The van der Waals surface area contributed by atoms with Crippen molar-refractivity contribution in [3.05, 3.63) is 42.1 Å². The second kappa shape index (κ2) is 7.45. The normalized spacial score (nSPS) is 26.3. The molecule has 0 aromatic carbocycles. The van der Waals surface area contributed by atoms with Crippen LogP contribution in [0.3, 0.4) is 0 Å². The summed E-state index contributed by atoms with van der Waals surface area (Å²) >= 11 is 1.72. The third-order valence-electron chi connectivity index (χ3n) is 6.01. The largest absolute Gasteiger partial charge is 0.400 e. The lowest BCUT2D eigenvalue weighted by Gasteiger charge is -2.28. The van der Waals surface area contributed by atoms with Crippen molar-refractivity contribution in [2.24, 2.45) is 23.1 Å². The van der Waals surface area contributed by atoms with Gasteiger partial charge in [0.25, 0.3) is 0 Å². The van der Waals surface area contributed by atoms with Gasteiger partial charge in [-0.1, -0.05) is 0 Å². The highest BCUT2D eigenvalue weighted by atomic mass is 32.2. The Morgan fingerprint density at radius 3 is 3.03 bits per heavy atom. The summed E-state index contributed by atoms with van der Waals surface area (Å²) in [6.45, 7) is 2.48. The number of nitrogens with zero attached hydrogens (tertiary/aromatic N) is 5. The van der Waals surface area contributed by atoms with E-state index in [0.717, 1.165) is 47.5 Å². The molecule has 0 spiro atoms. The highest BCUT2D eigenvalue weighted by molar-refractivity contribution is 8.03. The number of hydrogen-bond donors (Lipinski definition) is 4. The number of aromatic nitrogens is 5. The zero-order valence-electron chi connectivity index (χ0n) is 16.0. The van der Waals surface area contributed by atoms with E-state index in [1.807, 2.05) is 34.7 Å². The van der Waals surface area contributed by atoms with Gasteiger partial charge in [0.05, 0.1) is 29.3 Å². The highest BCUT2D eigenvalue weighted by Gasteiger charge is 2.38. The van der Waals surface area contributed by atoms with Crippen molar-refractivity contribution in [3.63, 3.8) is 0 Å². The van der Waals surface area contributed by atoms with Crippen LogP contribution in [0.4, 0.5) is 0 Å². The number of nitrogens with one attached hydrogen (secondary N) is 1. The average Bonchev–Trinajstić information content (AvgIpc) is 3.51. The minimum absolute atomic E-state index is 0.104. The molecule has 152 valence electrons. The van der Waals surface area contributed by atoms with Crippen LogP contribution in [0.5, 0.6) is 0 Å². The molecule has 1 fully saturated rings. The molecular weight excluding hydrogens is 386 g/mol. The van der Waals surface area contributed by atoms with E-state index >= 15 is 0 Å². The van der Waals surface area contributed by atoms with Crippen LogP contribution in [-0.2, 0) is 0 Å². The molecule has 2 aliphatic heterocycles. The number of H-pyrrole nitrogens is 1. The Morgan fingerprint density at radius 1 is 1.34 bits per heavy atom. The summed E-state index contributed by atoms with van der Waals surface area (Å²) in [6.07, 6.45) is 8.41. The molecule has 10 heteroatoms. The molecule has 3 aromatic rings. The van der Waals surface area contributed by atoms with E-state index in [1.165, 1.54) is 0 Å². The van der Waals surface area contributed by atoms with Gasteiger partial charge in [-0.25, -0.2) is 9.97 Å². The molecular formula is C19H25N9S. The van der Waals surface area contributed by atoms with E-state index in [0.29, 0.717) is 12.5 Å². The van der Waals surface area contributed by atoms with Gasteiger partial charge in [-0.05, 0) is 30.4 Å². The molecule has 2 aliphatic rings. The molecule has 7 N–H and O–H groups in total. The van der Waals surface area contributed by atoms with Crippen LogP contribution in [0.25, 0.3) is 22.3 Å². The van der Waals surface area contributed by atoms with E-state index in [9.17, 15) is 0 Å². The van der Waals surface area contributed by atoms with Crippen molar-refractivity contribution in [1.29, 1.82) is 0 Å². The molecule has 5 rings (SSSR count). The van der Waals surface area contributed by atoms with Crippen molar-refractivity contribution in [2.75, 3.05) is 19.6 Å². The second-order valence-electron chi connectivity index (χ2n) is 7.69. The number of aromatic amines is 1. The van der Waals surface area contributed by atoms with Crippen molar-refractivity contribution >= 4 is 22.8 Å². The minimum Gasteiger partial charge on any atom is -0.400 e. The Morgan fingerprint density at radius 2 is 2.24 bits per heavy atom. The first-order valence-electron chi connectivity index (χ1n) is 9.79. The van der Waals surface area contributed by atoms with Gasteiger partial charge in [0.15, 0.2) is 0 Å². The Balaban J connectivity index is 1.35. The van der Waals surface area contributed by atoms with Gasteiger partial charge in [-0.3, -0.25) is 9.58 Å². The standard InChI is InChI=1S/C19H25N9S/c20-5-15(11-2-4-27(7-11)19-16(22)14(21)9-29-19)28-8-12(6-26-28)17-13-1-3-23-18(13)25-10-24-17/h1,3,6,8-11,15-16,19H,2,4-5,7,20-22H2,(H,23,24,25)/t11-,15-,16?,19?/m0/s1. The van der Waals surface area contributed by atoms with Crippen LogP contribution < -0.4 is 17.2 Å². The molecule has 3 aromatic heterocycles. The topological polar surface area (TPSA) is 141 Å². The molecule has 2 unspecified atom stereocenters. The maximum atomic E-state index is 6.26. The third-order valence-corrected chi connectivity index (χ3v) is 7.28. The summed E-state index contributed by atoms with van der Waals surface area (Å²) in [5.74, 6) is 0.417. The predicted octanol–water partition coefficient (Wildman–Crippen LogP) is 0.843. The van der Waals surface area contributed by atoms with Crippen LogP contribution >= 0.6 is 11.8 Å². The molecule has 5 heterocycles. The first kappa shape index (κ1) is 18.6. The number of likely N-dealkylation sites (tertiary alicyclic amines) is 1. The van der Waals surface area contributed by atoms with E-state index in [-0.39, 0.29) is 17.5 Å². The maximum absolute atomic E-state index is 6.26. The third kappa shape index (κ3) is 3.21. The monoisotopic (exact) mass is 411 g/mol. The summed E-state index contributed by atoms with van der Waals surface area (Å²) in [5, 5.41) is 7.82. The van der Waals surface area contributed by atoms with Crippen molar-refractivity contribution < 1.29 is 0 Å². The Kier molecular flexibility index (Phi) is 4.78. The maximum Gasteiger partial charge on any atom is 0.141 e. The molecule has 0 bridgehead atoms. The molecule has 0 saturated carbocycles. The molecule has 29 heavy (non-hydrogen) atoms. The van der Waals surface area contributed by atoms with Crippen LogP contribution in [-0.4, -0.2) is 60.7 Å². The van der Waals surface area contributed by atoms with Gasteiger partial charge >= 0.3 is 0 Å². The quantitative estimate of drug-likeness (QED) is 0.484. The number of nitrogens with two attached hydrogens (primary N) is 3. The fourth-order valence-corrected chi connectivity index (χ4v) is 5.55. The molecule has 4 atom stereocenters. The smallest absolute Gasteiger partial charge is 0.141 e. The van der Waals surface area contributed by atoms with Gasteiger partial charge < -0.3 is 22.2 Å². The summed E-state index contributed by atoms with van der Waals surface area (Å²) in [6, 6.07) is 2.01. The van der Waals surface area contributed by atoms with Crippen LogP contribution in [0.15, 0.2) is 42.1 Å². The summed E-state index contributed by atoms with van der Waals surface area (Å²) < 4.78 is 2.00. The SMILES string of the molecule is NC[C@@H]([C@H]1CCN(C2SC=C(N)C2N)C1)n1cc(-c2ncnc3[nH]ccc23)cn1. The van der Waals surface area contributed by atoms with Crippen molar-refractivity contribution in [3.8, 4) is 11.3 Å². The average molecular weight is 412 g/mol. The zero-order valence-corrected chi connectivity index (χ0v) is 16.8. The van der Waals surface area contributed by atoms with Gasteiger partial charge in [-0.15, -0.1) is 11.8 Å². The van der Waals surface area contributed by atoms with E-state index in [1.54, 1.807) is 18.1 Å². The summed E-state index contributed by atoms with van der Waals surface area (Å²) in [7, 11) is 0. The fourth-order valence-electron chi connectivity index (χ4n) is 4.41. The minimum atomic E-state index is -0.104.